The van der Waals surface area contributed by atoms with E-state index in [1.165, 1.54) is 0 Å². The van der Waals surface area contributed by atoms with Gasteiger partial charge in [0, 0.05) is 24.4 Å². The largest absolute Gasteiger partial charge is 0.310 e. The van der Waals surface area contributed by atoms with Gasteiger partial charge >= 0.3 is 0 Å². The molecule has 29 heavy (non-hydrogen) atoms. The molecule has 0 bridgehead atoms. The van der Waals surface area contributed by atoms with E-state index in [1.54, 1.807) is 4.31 Å². The summed E-state index contributed by atoms with van der Waals surface area (Å²) in [6, 6.07) is 8.93. The second-order valence-electron chi connectivity index (χ2n) is 7.98. The van der Waals surface area contributed by atoms with Crippen LogP contribution in [0.1, 0.15) is 31.2 Å². The smallest absolute Gasteiger partial charge is 0.241 e. The normalized spacial score (nSPS) is 27.0. The predicted molar refractivity (Wildman–Crippen MR) is 111 cm³/mol. The van der Waals surface area contributed by atoms with Gasteiger partial charge in [0.05, 0.1) is 11.9 Å². The van der Waals surface area contributed by atoms with Crippen molar-refractivity contribution in [2.24, 2.45) is 11.7 Å². The highest BCUT2D eigenvalue weighted by molar-refractivity contribution is 7.89. The van der Waals surface area contributed by atoms with Crippen molar-refractivity contribution < 1.29 is 13.3 Å². The molecule has 0 saturated carbocycles. The highest BCUT2D eigenvalue weighted by atomic mass is 32.2. The first-order chi connectivity index (χ1) is 13.8. The number of nitrogens with zero attached hydrogens (tertiary/aromatic N) is 2. The van der Waals surface area contributed by atoms with Crippen LogP contribution < -0.4 is 16.4 Å². The van der Waals surface area contributed by atoms with Gasteiger partial charge in [-0.3, -0.25) is 15.4 Å². The molecule has 0 radical (unpaired) electrons. The van der Waals surface area contributed by atoms with Crippen molar-refractivity contribution in [1.82, 2.24) is 14.9 Å². The number of rotatable bonds is 8. The molecule has 2 aliphatic heterocycles. The third-order valence-corrected chi connectivity index (χ3v) is 7.81. The van der Waals surface area contributed by atoms with E-state index in [1.807, 2.05) is 30.3 Å². The van der Waals surface area contributed by atoms with E-state index in [-0.39, 0.29) is 16.8 Å². The van der Waals surface area contributed by atoms with E-state index in [0.717, 1.165) is 24.9 Å². The lowest BCUT2D eigenvalue weighted by atomic mass is 9.97. The summed E-state index contributed by atoms with van der Waals surface area (Å²) in [6.07, 6.45) is 2.59. The first-order valence-electron chi connectivity index (χ1n) is 10.3. The van der Waals surface area contributed by atoms with Gasteiger partial charge in [-0.1, -0.05) is 30.3 Å². The number of sulfonamides is 1. The number of aryl methyl sites for hydroxylation is 1. The molecule has 1 aromatic rings. The Bertz CT molecular complexity index is 768. The highest BCUT2D eigenvalue weighted by Gasteiger charge is 2.35. The number of nitro groups is 1. The van der Waals surface area contributed by atoms with Crippen LogP contribution in [0.3, 0.4) is 0 Å². The zero-order valence-corrected chi connectivity index (χ0v) is 17.4. The van der Waals surface area contributed by atoms with E-state index >= 15 is 0 Å². The van der Waals surface area contributed by atoms with Crippen molar-refractivity contribution in [2.45, 2.75) is 50.5 Å². The van der Waals surface area contributed by atoms with Crippen LogP contribution in [-0.4, -0.2) is 61.4 Å². The van der Waals surface area contributed by atoms with E-state index in [2.05, 4.69) is 10.6 Å². The van der Waals surface area contributed by atoms with Gasteiger partial charge in [-0.05, 0) is 43.7 Å². The number of nitrogens with two attached hydrogens (primary N) is 1. The summed E-state index contributed by atoms with van der Waals surface area (Å²) >= 11 is 0. The van der Waals surface area contributed by atoms with Crippen LogP contribution in [0.2, 0.25) is 0 Å². The van der Waals surface area contributed by atoms with Crippen LogP contribution in [0.25, 0.3) is 0 Å². The average molecular weight is 426 g/mol. The highest BCUT2D eigenvalue weighted by Crippen LogP contribution is 2.21. The second kappa shape index (κ2) is 9.94. The Morgan fingerprint density at radius 2 is 1.86 bits per heavy atom. The minimum Gasteiger partial charge on any atom is -0.310 e. The van der Waals surface area contributed by atoms with Crippen LogP contribution in [0.15, 0.2) is 30.3 Å². The number of nitrogens with one attached hydrogen (secondary N) is 2. The predicted octanol–water partition coefficient (Wildman–Crippen LogP) is 0.500. The van der Waals surface area contributed by atoms with E-state index in [4.69, 9.17) is 5.73 Å². The fraction of sp³-hybridized carbons (Fsp3) is 0.684. The fourth-order valence-electron chi connectivity index (χ4n) is 4.06. The van der Waals surface area contributed by atoms with Gasteiger partial charge in [-0.25, -0.2) is 12.7 Å². The maximum Gasteiger partial charge on any atom is 0.241 e. The van der Waals surface area contributed by atoms with Crippen molar-refractivity contribution in [3.63, 3.8) is 0 Å². The van der Waals surface area contributed by atoms with Crippen molar-refractivity contribution >= 4 is 10.0 Å². The molecule has 0 aromatic heterocycles. The van der Waals surface area contributed by atoms with Gasteiger partial charge in [0.2, 0.25) is 16.1 Å². The van der Waals surface area contributed by atoms with Gasteiger partial charge in [0.15, 0.2) is 0 Å². The van der Waals surface area contributed by atoms with E-state index in [0.29, 0.717) is 38.3 Å². The number of benzene rings is 1. The zero-order chi connectivity index (χ0) is 20.9. The lowest BCUT2D eigenvalue weighted by Crippen LogP contribution is -2.62. The molecule has 2 saturated heterocycles. The molecule has 10 heteroatoms. The number of hydrogen-bond acceptors (Lipinski definition) is 7. The van der Waals surface area contributed by atoms with Crippen LogP contribution >= 0.6 is 0 Å². The summed E-state index contributed by atoms with van der Waals surface area (Å²) in [5.74, 6) is 0.531. The molecule has 2 fully saturated rings. The molecule has 9 nitrogen and oxygen atoms in total. The summed E-state index contributed by atoms with van der Waals surface area (Å²) in [6.45, 7) is 1.85. The molecular weight excluding hydrogens is 394 g/mol. The maximum absolute atomic E-state index is 12.6. The Kier molecular flexibility index (Phi) is 7.58. The first kappa shape index (κ1) is 22.1. The molecule has 0 amide bonds. The van der Waals surface area contributed by atoms with Crippen molar-refractivity contribution in [3.8, 4) is 0 Å². The van der Waals surface area contributed by atoms with Crippen molar-refractivity contribution in [3.05, 3.63) is 46.0 Å². The van der Waals surface area contributed by atoms with Crippen molar-refractivity contribution in [2.75, 3.05) is 25.4 Å². The number of piperidine rings is 2. The monoisotopic (exact) mass is 425 g/mol. The molecule has 0 spiro atoms. The summed E-state index contributed by atoms with van der Waals surface area (Å²) in [5, 5.41) is 17.4. The van der Waals surface area contributed by atoms with Gasteiger partial charge in [0.25, 0.3) is 0 Å². The van der Waals surface area contributed by atoms with Gasteiger partial charge in [0.1, 0.15) is 6.17 Å². The quantitative estimate of drug-likeness (QED) is 0.408. The van der Waals surface area contributed by atoms with Crippen molar-refractivity contribution in [1.29, 1.82) is 0 Å². The van der Waals surface area contributed by atoms with E-state index < -0.39 is 22.2 Å². The zero-order valence-electron chi connectivity index (χ0n) is 16.6. The summed E-state index contributed by atoms with van der Waals surface area (Å²) in [4.78, 5) is 10.6. The SMILES string of the molecule is NC1NC(NCC2CCN(S(=O)(=O)CCc3ccccc3)CC2)CCC1[N+](=O)[O-]. The Morgan fingerprint density at radius 3 is 2.48 bits per heavy atom. The Labute approximate surface area is 172 Å². The summed E-state index contributed by atoms with van der Waals surface area (Å²) < 4.78 is 26.9. The molecule has 4 N–H and O–H groups in total. The minimum atomic E-state index is -3.24. The molecule has 0 aliphatic carbocycles. The van der Waals surface area contributed by atoms with Crippen LogP contribution in [-0.2, 0) is 16.4 Å². The molecule has 1 aromatic carbocycles. The Balaban J connectivity index is 1.38. The van der Waals surface area contributed by atoms with Crippen LogP contribution in [0, 0.1) is 16.0 Å². The summed E-state index contributed by atoms with van der Waals surface area (Å²) in [5.41, 5.74) is 6.88. The topological polar surface area (TPSA) is 131 Å². The molecule has 2 aliphatic rings. The lowest BCUT2D eigenvalue weighted by Gasteiger charge is -2.34. The van der Waals surface area contributed by atoms with E-state index in [9.17, 15) is 18.5 Å². The van der Waals surface area contributed by atoms with Gasteiger partial charge in [-0.15, -0.1) is 0 Å². The Hall–Kier alpha value is -1.59. The standard InChI is InChI=1S/C19H31N5O4S/c20-19-17(24(25)26)6-7-18(22-19)21-14-16-8-11-23(12-9-16)29(27,28)13-10-15-4-2-1-3-5-15/h1-5,16-19,21-22H,6-14,20H2. The molecule has 3 unspecified atom stereocenters. The molecule has 162 valence electrons. The van der Waals surface area contributed by atoms with Crippen LogP contribution in [0.5, 0.6) is 0 Å². The molecular formula is C19H31N5O4S. The van der Waals surface area contributed by atoms with Gasteiger partial charge < -0.3 is 11.1 Å². The second-order valence-corrected chi connectivity index (χ2v) is 10.1. The number of hydrogen-bond donors (Lipinski definition) is 3. The molecule has 3 atom stereocenters. The summed E-state index contributed by atoms with van der Waals surface area (Å²) in [7, 11) is -3.24. The fourth-order valence-corrected chi connectivity index (χ4v) is 5.58. The van der Waals surface area contributed by atoms with Gasteiger partial charge in [-0.2, -0.15) is 0 Å². The van der Waals surface area contributed by atoms with Crippen LogP contribution in [0.4, 0.5) is 0 Å². The molecule has 3 rings (SSSR count). The minimum absolute atomic E-state index is 0.0335. The maximum atomic E-state index is 12.6. The third kappa shape index (κ3) is 6.19. The first-order valence-corrected chi connectivity index (χ1v) is 11.9. The third-order valence-electron chi connectivity index (χ3n) is 5.94. The molecule has 2 heterocycles. The Morgan fingerprint density at radius 1 is 1.17 bits per heavy atom. The lowest BCUT2D eigenvalue weighted by molar-refractivity contribution is -0.530. The average Bonchev–Trinajstić information content (AvgIpc) is 2.72.